The van der Waals surface area contributed by atoms with Gasteiger partial charge in [0.2, 0.25) is 0 Å². The van der Waals surface area contributed by atoms with Crippen LogP contribution in [-0.2, 0) is 6.42 Å². The molecule has 0 saturated carbocycles. The van der Waals surface area contributed by atoms with E-state index < -0.39 is 0 Å². The van der Waals surface area contributed by atoms with Crippen molar-refractivity contribution in [3.8, 4) is 10.6 Å². The van der Waals surface area contributed by atoms with Crippen molar-refractivity contribution in [2.75, 3.05) is 6.54 Å². The molecule has 3 nitrogen and oxygen atoms in total. The van der Waals surface area contributed by atoms with Gasteiger partial charge in [-0.2, -0.15) is 0 Å². The van der Waals surface area contributed by atoms with Crippen LogP contribution in [-0.4, -0.2) is 22.3 Å². The van der Waals surface area contributed by atoms with Gasteiger partial charge in [-0.3, -0.25) is 0 Å². The zero-order valence-electron chi connectivity index (χ0n) is 11.7. The minimum atomic E-state index is 0.140. The van der Waals surface area contributed by atoms with Crippen LogP contribution in [0, 0.1) is 0 Å². The lowest BCUT2D eigenvalue weighted by atomic mass is 10.1. The standard InChI is InChI=1S/C14H17Br2N3S/c1-14(2,3)17-7-6-12-18-19-13(20-12)10-8-9(15)4-5-11(10)16/h4-5,8,17H,6-7H2,1-3H3. The summed E-state index contributed by atoms with van der Waals surface area (Å²) in [5, 5.41) is 14.0. The minimum Gasteiger partial charge on any atom is -0.312 e. The number of nitrogens with one attached hydrogen (secondary N) is 1. The molecule has 0 atom stereocenters. The quantitative estimate of drug-likeness (QED) is 0.784. The van der Waals surface area contributed by atoms with Gasteiger partial charge in [0.25, 0.3) is 0 Å². The van der Waals surface area contributed by atoms with Crippen molar-refractivity contribution in [3.63, 3.8) is 0 Å². The third-order valence-corrected chi connectivity index (χ3v) is 4.82. The third-order valence-electron chi connectivity index (χ3n) is 2.62. The zero-order chi connectivity index (χ0) is 14.8. The summed E-state index contributed by atoms with van der Waals surface area (Å²) < 4.78 is 2.08. The van der Waals surface area contributed by atoms with Gasteiger partial charge in [-0.1, -0.05) is 43.2 Å². The molecular formula is C14H17Br2N3S. The zero-order valence-corrected chi connectivity index (χ0v) is 15.7. The monoisotopic (exact) mass is 417 g/mol. The van der Waals surface area contributed by atoms with Crippen molar-refractivity contribution < 1.29 is 0 Å². The fraction of sp³-hybridized carbons (Fsp3) is 0.429. The van der Waals surface area contributed by atoms with Crippen molar-refractivity contribution in [3.05, 3.63) is 32.2 Å². The van der Waals surface area contributed by atoms with Gasteiger partial charge in [-0.25, -0.2) is 0 Å². The smallest absolute Gasteiger partial charge is 0.148 e. The number of halogens is 2. The third kappa shape index (κ3) is 4.62. The highest BCUT2D eigenvalue weighted by Gasteiger charge is 2.12. The van der Waals surface area contributed by atoms with Crippen LogP contribution in [0.2, 0.25) is 0 Å². The second-order valence-corrected chi connectivity index (χ2v) is 8.38. The molecule has 0 aliphatic carbocycles. The van der Waals surface area contributed by atoms with Crippen LogP contribution in [0.5, 0.6) is 0 Å². The van der Waals surface area contributed by atoms with E-state index in [0.29, 0.717) is 0 Å². The number of hydrogen-bond acceptors (Lipinski definition) is 4. The topological polar surface area (TPSA) is 37.8 Å². The van der Waals surface area contributed by atoms with E-state index in [4.69, 9.17) is 0 Å². The molecule has 0 bridgehead atoms. The highest BCUT2D eigenvalue weighted by Crippen LogP contribution is 2.32. The molecule has 0 fully saturated rings. The summed E-state index contributed by atoms with van der Waals surface area (Å²) >= 11 is 8.70. The maximum absolute atomic E-state index is 4.29. The van der Waals surface area contributed by atoms with Gasteiger partial charge in [0, 0.05) is 33.0 Å². The molecule has 0 unspecified atom stereocenters. The van der Waals surface area contributed by atoms with Gasteiger partial charge in [0.15, 0.2) is 0 Å². The molecule has 0 radical (unpaired) electrons. The Morgan fingerprint density at radius 2 is 1.95 bits per heavy atom. The number of hydrogen-bond donors (Lipinski definition) is 1. The van der Waals surface area contributed by atoms with Crippen LogP contribution >= 0.6 is 43.2 Å². The Bertz CT molecular complexity index is 590. The molecule has 0 aliphatic rings. The van der Waals surface area contributed by atoms with E-state index in [0.717, 1.165) is 37.5 Å². The Morgan fingerprint density at radius 3 is 2.65 bits per heavy atom. The van der Waals surface area contributed by atoms with Crippen LogP contribution in [0.3, 0.4) is 0 Å². The van der Waals surface area contributed by atoms with E-state index in [9.17, 15) is 0 Å². The lowest BCUT2D eigenvalue weighted by Gasteiger charge is -2.19. The lowest BCUT2D eigenvalue weighted by Crippen LogP contribution is -2.37. The Hall–Kier alpha value is -0.300. The Labute approximate surface area is 140 Å². The molecule has 1 aromatic carbocycles. The highest BCUT2D eigenvalue weighted by molar-refractivity contribution is 9.11. The predicted octanol–water partition coefficient (Wildman–Crippen LogP) is 4.66. The first kappa shape index (κ1) is 16.1. The fourth-order valence-corrected chi connectivity index (χ4v) is 3.47. The predicted molar refractivity (Wildman–Crippen MR) is 92.2 cm³/mol. The van der Waals surface area contributed by atoms with Crippen molar-refractivity contribution in [2.45, 2.75) is 32.7 Å². The van der Waals surface area contributed by atoms with Crippen LogP contribution in [0.15, 0.2) is 27.1 Å². The van der Waals surface area contributed by atoms with Crippen molar-refractivity contribution >= 4 is 43.2 Å². The molecule has 2 rings (SSSR count). The first-order chi connectivity index (χ1) is 9.35. The summed E-state index contributed by atoms with van der Waals surface area (Å²) in [4.78, 5) is 0. The summed E-state index contributed by atoms with van der Waals surface area (Å²) in [6, 6.07) is 6.08. The first-order valence-electron chi connectivity index (χ1n) is 6.38. The molecular weight excluding hydrogens is 402 g/mol. The average molecular weight is 419 g/mol. The van der Waals surface area contributed by atoms with Gasteiger partial charge < -0.3 is 5.32 Å². The molecule has 1 heterocycles. The van der Waals surface area contributed by atoms with E-state index in [1.54, 1.807) is 11.3 Å². The molecule has 2 aromatic rings. The molecule has 0 saturated heterocycles. The van der Waals surface area contributed by atoms with E-state index >= 15 is 0 Å². The van der Waals surface area contributed by atoms with Crippen LogP contribution < -0.4 is 5.32 Å². The number of aromatic nitrogens is 2. The maximum atomic E-state index is 4.29. The molecule has 20 heavy (non-hydrogen) atoms. The van der Waals surface area contributed by atoms with Gasteiger partial charge in [0.05, 0.1) is 0 Å². The Balaban J connectivity index is 2.07. The first-order valence-corrected chi connectivity index (χ1v) is 8.78. The Kier molecular flexibility index (Phi) is 5.34. The largest absolute Gasteiger partial charge is 0.312 e. The average Bonchev–Trinajstić information content (AvgIpc) is 2.79. The lowest BCUT2D eigenvalue weighted by molar-refractivity contribution is 0.429. The van der Waals surface area contributed by atoms with Crippen LogP contribution in [0.25, 0.3) is 10.6 Å². The van der Waals surface area contributed by atoms with Gasteiger partial charge in [-0.15, -0.1) is 10.2 Å². The number of benzene rings is 1. The van der Waals surface area contributed by atoms with Crippen LogP contribution in [0.1, 0.15) is 25.8 Å². The van der Waals surface area contributed by atoms with Gasteiger partial charge in [-0.05, 0) is 39.0 Å². The summed E-state index contributed by atoms with van der Waals surface area (Å²) in [7, 11) is 0. The normalized spacial score (nSPS) is 11.8. The summed E-state index contributed by atoms with van der Waals surface area (Å²) in [6.45, 7) is 7.41. The van der Waals surface area contributed by atoms with Gasteiger partial charge in [0.1, 0.15) is 10.0 Å². The molecule has 108 valence electrons. The van der Waals surface area contributed by atoms with Crippen molar-refractivity contribution in [2.24, 2.45) is 0 Å². The minimum absolute atomic E-state index is 0.140. The van der Waals surface area contributed by atoms with E-state index in [1.165, 1.54) is 0 Å². The summed E-state index contributed by atoms with van der Waals surface area (Å²) in [6.07, 6.45) is 0.903. The molecule has 6 heteroatoms. The SMILES string of the molecule is CC(C)(C)NCCc1nnc(-c2cc(Br)ccc2Br)s1. The second kappa shape index (κ2) is 6.64. The molecule has 1 N–H and O–H groups in total. The van der Waals surface area contributed by atoms with Gasteiger partial charge >= 0.3 is 0 Å². The van der Waals surface area contributed by atoms with E-state index in [-0.39, 0.29) is 5.54 Å². The molecule has 1 aromatic heterocycles. The second-order valence-electron chi connectivity index (χ2n) is 5.55. The highest BCUT2D eigenvalue weighted by atomic mass is 79.9. The summed E-state index contributed by atoms with van der Waals surface area (Å²) in [5.74, 6) is 0. The molecule has 0 aliphatic heterocycles. The van der Waals surface area contributed by atoms with E-state index in [1.807, 2.05) is 12.1 Å². The van der Waals surface area contributed by atoms with Crippen molar-refractivity contribution in [1.29, 1.82) is 0 Å². The van der Waals surface area contributed by atoms with E-state index in [2.05, 4.69) is 74.2 Å². The van der Waals surface area contributed by atoms with Crippen molar-refractivity contribution in [1.82, 2.24) is 15.5 Å². The molecule has 0 amide bonds. The maximum Gasteiger partial charge on any atom is 0.148 e. The van der Waals surface area contributed by atoms with Crippen LogP contribution in [0.4, 0.5) is 0 Å². The summed E-state index contributed by atoms with van der Waals surface area (Å²) in [5.41, 5.74) is 1.22. The molecule has 0 spiro atoms. The Morgan fingerprint density at radius 1 is 1.20 bits per heavy atom. The fourth-order valence-electron chi connectivity index (χ4n) is 1.67. The number of rotatable bonds is 4. The number of nitrogens with zero attached hydrogens (tertiary/aromatic N) is 2.